The Morgan fingerprint density at radius 1 is 1.00 bits per heavy atom. The van der Waals surface area contributed by atoms with Crippen LogP contribution in [0, 0.1) is 0 Å². The van der Waals surface area contributed by atoms with Gasteiger partial charge in [-0.05, 0) is 51.8 Å². The zero-order chi connectivity index (χ0) is 19.2. The number of hydrogen-bond donors (Lipinski definition) is 0. The van der Waals surface area contributed by atoms with Gasteiger partial charge in [-0.3, -0.25) is 4.79 Å². The number of hydrogen-bond acceptors (Lipinski definition) is 2. The monoisotopic (exact) mass is 460 g/mol. The summed E-state index contributed by atoms with van der Waals surface area (Å²) >= 11 is 15.6. The second kappa shape index (κ2) is 9.23. The van der Waals surface area contributed by atoms with Crippen LogP contribution in [0.3, 0.4) is 0 Å². The first-order valence-corrected chi connectivity index (χ1v) is 9.71. The molecular formula is C22H15BrCl2O2. The summed E-state index contributed by atoms with van der Waals surface area (Å²) in [7, 11) is 0. The molecule has 3 aromatic rings. The average Bonchev–Trinajstić information content (AvgIpc) is 2.67. The van der Waals surface area contributed by atoms with Crippen molar-refractivity contribution in [3.8, 4) is 5.75 Å². The van der Waals surface area contributed by atoms with Crippen molar-refractivity contribution in [3.05, 3.63) is 104 Å². The summed E-state index contributed by atoms with van der Waals surface area (Å²) in [5.41, 5.74) is 2.40. The van der Waals surface area contributed by atoms with E-state index in [-0.39, 0.29) is 5.78 Å². The number of ketones is 1. The molecule has 2 nitrogen and oxygen atoms in total. The van der Waals surface area contributed by atoms with Gasteiger partial charge in [-0.25, -0.2) is 0 Å². The van der Waals surface area contributed by atoms with Gasteiger partial charge in [-0.1, -0.05) is 71.7 Å². The molecule has 0 N–H and O–H groups in total. The molecule has 3 aromatic carbocycles. The molecule has 3 rings (SSSR count). The zero-order valence-electron chi connectivity index (χ0n) is 14.2. The van der Waals surface area contributed by atoms with Gasteiger partial charge in [0.2, 0.25) is 0 Å². The van der Waals surface area contributed by atoms with Crippen molar-refractivity contribution in [1.82, 2.24) is 0 Å². The summed E-state index contributed by atoms with van der Waals surface area (Å²) in [5, 5.41) is 1.16. The second-order valence-corrected chi connectivity index (χ2v) is 7.48. The van der Waals surface area contributed by atoms with Crippen molar-refractivity contribution >= 4 is 51.0 Å². The maximum Gasteiger partial charge on any atom is 0.185 e. The van der Waals surface area contributed by atoms with E-state index >= 15 is 0 Å². The number of carbonyl (C=O) groups is 1. The van der Waals surface area contributed by atoms with Gasteiger partial charge in [0.05, 0.1) is 4.47 Å². The molecule has 0 fully saturated rings. The summed E-state index contributed by atoms with van der Waals surface area (Å²) in [4.78, 5) is 12.1. The van der Waals surface area contributed by atoms with Crippen molar-refractivity contribution in [3.63, 3.8) is 0 Å². The number of rotatable bonds is 6. The lowest BCUT2D eigenvalue weighted by Crippen LogP contribution is -1.97. The Bertz CT molecular complexity index is 985. The zero-order valence-corrected chi connectivity index (χ0v) is 17.3. The molecule has 0 atom stereocenters. The first-order valence-electron chi connectivity index (χ1n) is 8.16. The summed E-state index contributed by atoms with van der Waals surface area (Å²) in [6.45, 7) is 0.330. The van der Waals surface area contributed by atoms with E-state index in [0.29, 0.717) is 28.0 Å². The maximum absolute atomic E-state index is 12.1. The molecule has 0 aliphatic carbocycles. The van der Waals surface area contributed by atoms with Crippen LogP contribution < -0.4 is 4.74 Å². The van der Waals surface area contributed by atoms with Gasteiger partial charge in [-0.2, -0.15) is 0 Å². The van der Waals surface area contributed by atoms with Gasteiger partial charge in [-0.15, -0.1) is 0 Å². The number of carbonyl (C=O) groups excluding carboxylic acids is 1. The first-order chi connectivity index (χ1) is 13.0. The molecule has 136 valence electrons. The Hall–Kier alpha value is -2.07. The maximum atomic E-state index is 12.1. The van der Waals surface area contributed by atoms with E-state index < -0.39 is 0 Å². The lowest BCUT2D eigenvalue weighted by molar-refractivity contribution is 0.104. The molecule has 0 unspecified atom stereocenters. The van der Waals surface area contributed by atoms with Crippen molar-refractivity contribution in [2.24, 2.45) is 0 Å². The normalized spacial score (nSPS) is 10.9. The third-order valence-corrected chi connectivity index (χ3v) is 5.05. The summed E-state index contributed by atoms with van der Waals surface area (Å²) in [5.74, 6) is 0.650. The van der Waals surface area contributed by atoms with E-state index in [4.69, 9.17) is 27.9 Å². The Balaban J connectivity index is 1.66. The average molecular weight is 462 g/mol. The van der Waals surface area contributed by atoms with E-state index in [0.717, 1.165) is 15.6 Å². The number of allylic oxidation sites excluding steroid dienone is 1. The van der Waals surface area contributed by atoms with Gasteiger partial charge in [0.15, 0.2) is 5.78 Å². The first kappa shape index (κ1) is 19.7. The van der Waals surface area contributed by atoms with Crippen molar-refractivity contribution in [1.29, 1.82) is 0 Å². The van der Waals surface area contributed by atoms with Crippen LogP contribution in [-0.2, 0) is 6.61 Å². The molecule has 27 heavy (non-hydrogen) atoms. The Kier molecular flexibility index (Phi) is 6.73. The van der Waals surface area contributed by atoms with Crippen LogP contribution in [0.2, 0.25) is 10.0 Å². The fourth-order valence-electron chi connectivity index (χ4n) is 2.40. The van der Waals surface area contributed by atoms with Crippen LogP contribution in [0.5, 0.6) is 5.75 Å². The highest BCUT2D eigenvalue weighted by atomic mass is 79.9. The Morgan fingerprint density at radius 2 is 1.78 bits per heavy atom. The largest absolute Gasteiger partial charge is 0.488 e. The van der Waals surface area contributed by atoms with E-state index in [1.165, 1.54) is 0 Å². The van der Waals surface area contributed by atoms with E-state index in [1.807, 2.05) is 42.5 Å². The Labute approximate surface area is 176 Å². The van der Waals surface area contributed by atoms with Gasteiger partial charge < -0.3 is 4.74 Å². The van der Waals surface area contributed by atoms with Crippen molar-refractivity contribution < 1.29 is 9.53 Å². The van der Waals surface area contributed by atoms with E-state index in [1.54, 1.807) is 36.4 Å². The summed E-state index contributed by atoms with van der Waals surface area (Å²) in [6, 6.07) is 20.1. The topological polar surface area (TPSA) is 26.3 Å². The van der Waals surface area contributed by atoms with E-state index in [9.17, 15) is 4.79 Å². The molecule has 0 amide bonds. The van der Waals surface area contributed by atoms with Gasteiger partial charge in [0.25, 0.3) is 0 Å². The highest BCUT2D eigenvalue weighted by Gasteiger charge is 2.06. The lowest BCUT2D eigenvalue weighted by Gasteiger charge is -2.10. The van der Waals surface area contributed by atoms with Crippen LogP contribution in [-0.4, -0.2) is 5.78 Å². The SMILES string of the molecule is O=C(/C=C/c1ccc(OCc2ccc(Cl)cc2Cl)c(Br)c1)c1ccccc1. The van der Waals surface area contributed by atoms with Gasteiger partial charge in [0.1, 0.15) is 12.4 Å². The number of ether oxygens (including phenoxy) is 1. The van der Waals surface area contributed by atoms with Crippen LogP contribution in [0.15, 0.2) is 77.3 Å². The predicted molar refractivity (Wildman–Crippen MR) is 115 cm³/mol. The number of benzene rings is 3. The van der Waals surface area contributed by atoms with Crippen LogP contribution in [0.25, 0.3) is 6.08 Å². The van der Waals surface area contributed by atoms with E-state index in [2.05, 4.69) is 15.9 Å². The van der Waals surface area contributed by atoms with Gasteiger partial charge in [0, 0.05) is 21.2 Å². The molecule has 0 radical (unpaired) electrons. The smallest absolute Gasteiger partial charge is 0.185 e. The van der Waals surface area contributed by atoms with Crippen LogP contribution in [0.4, 0.5) is 0 Å². The molecule has 0 saturated heterocycles. The fourth-order valence-corrected chi connectivity index (χ4v) is 3.38. The fraction of sp³-hybridized carbons (Fsp3) is 0.0455. The van der Waals surface area contributed by atoms with Crippen molar-refractivity contribution in [2.45, 2.75) is 6.61 Å². The highest BCUT2D eigenvalue weighted by Crippen LogP contribution is 2.29. The second-order valence-electron chi connectivity index (χ2n) is 5.78. The molecule has 0 aliphatic rings. The predicted octanol–water partition coefficient (Wildman–Crippen LogP) is 7.23. The molecular weight excluding hydrogens is 447 g/mol. The minimum absolute atomic E-state index is 0.0376. The molecule has 0 saturated carbocycles. The number of halogens is 3. The van der Waals surface area contributed by atoms with Crippen LogP contribution >= 0.6 is 39.1 Å². The quantitative estimate of drug-likeness (QED) is 0.286. The van der Waals surface area contributed by atoms with Gasteiger partial charge >= 0.3 is 0 Å². The molecule has 0 spiro atoms. The summed E-state index contributed by atoms with van der Waals surface area (Å²) in [6.07, 6.45) is 3.34. The van der Waals surface area contributed by atoms with Crippen LogP contribution in [0.1, 0.15) is 21.5 Å². The standard InChI is InChI=1S/C22H15BrCl2O2/c23-19-12-15(6-10-21(26)16-4-2-1-3-5-16)7-11-22(19)27-14-17-8-9-18(24)13-20(17)25/h1-13H,14H2/b10-6+. The minimum atomic E-state index is -0.0376. The molecule has 5 heteroatoms. The molecule has 0 aliphatic heterocycles. The summed E-state index contributed by atoms with van der Waals surface area (Å²) < 4.78 is 6.62. The molecule has 0 bridgehead atoms. The molecule has 0 aromatic heterocycles. The molecule has 0 heterocycles. The van der Waals surface area contributed by atoms with Crippen molar-refractivity contribution in [2.75, 3.05) is 0 Å². The Morgan fingerprint density at radius 3 is 2.48 bits per heavy atom. The lowest BCUT2D eigenvalue weighted by atomic mass is 10.1. The highest BCUT2D eigenvalue weighted by molar-refractivity contribution is 9.10. The third-order valence-electron chi connectivity index (χ3n) is 3.84. The minimum Gasteiger partial charge on any atom is -0.488 e. The third kappa shape index (κ3) is 5.46.